The highest BCUT2D eigenvalue weighted by molar-refractivity contribution is 6.31. The summed E-state index contributed by atoms with van der Waals surface area (Å²) in [5, 5.41) is 3.30. The summed E-state index contributed by atoms with van der Waals surface area (Å²) in [5.41, 5.74) is 1.41. The van der Waals surface area contributed by atoms with Gasteiger partial charge in [-0.15, -0.1) is 0 Å². The standard InChI is InChI=1S/C18H17Cl2FN2O2/c1-12(24)23(15-6-7-17(21)16(20)10-15)11-18(25)22-9-8-13-2-4-14(19)5-3-13/h2-7,10H,8-9,11H2,1H3,(H,22,25). The van der Waals surface area contributed by atoms with Gasteiger partial charge < -0.3 is 10.2 Å². The van der Waals surface area contributed by atoms with E-state index in [1.807, 2.05) is 12.1 Å². The van der Waals surface area contributed by atoms with Gasteiger partial charge in [-0.25, -0.2) is 4.39 Å². The summed E-state index contributed by atoms with van der Waals surface area (Å²) in [6.45, 7) is 1.59. The van der Waals surface area contributed by atoms with Crippen LogP contribution in [0.2, 0.25) is 10.0 Å². The van der Waals surface area contributed by atoms with Crippen molar-refractivity contribution < 1.29 is 14.0 Å². The SMILES string of the molecule is CC(=O)N(CC(=O)NCCc1ccc(Cl)cc1)c1ccc(F)c(Cl)c1. The number of benzene rings is 2. The third-order valence-electron chi connectivity index (χ3n) is 3.55. The molecule has 4 nitrogen and oxygen atoms in total. The second-order valence-corrected chi connectivity index (χ2v) is 6.27. The van der Waals surface area contributed by atoms with Gasteiger partial charge in [0, 0.05) is 24.2 Å². The van der Waals surface area contributed by atoms with Crippen molar-refractivity contribution in [1.29, 1.82) is 0 Å². The number of hydrogen-bond acceptors (Lipinski definition) is 2. The number of hydrogen-bond donors (Lipinski definition) is 1. The van der Waals surface area contributed by atoms with E-state index in [1.54, 1.807) is 12.1 Å². The maximum Gasteiger partial charge on any atom is 0.240 e. The smallest absolute Gasteiger partial charge is 0.240 e. The quantitative estimate of drug-likeness (QED) is 0.824. The van der Waals surface area contributed by atoms with Crippen LogP contribution in [0.4, 0.5) is 10.1 Å². The summed E-state index contributed by atoms with van der Waals surface area (Å²) in [6, 6.07) is 11.2. The first kappa shape index (κ1) is 19.2. The van der Waals surface area contributed by atoms with E-state index in [-0.39, 0.29) is 23.4 Å². The van der Waals surface area contributed by atoms with Crippen molar-refractivity contribution in [3.63, 3.8) is 0 Å². The van der Waals surface area contributed by atoms with E-state index in [4.69, 9.17) is 23.2 Å². The summed E-state index contributed by atoms with van der Waals surface area (Å²) in [7, 11) is 0. The largest absolute Gasteiger partial charge is 0.354 e. The summed E-state index contributed by atoms with van der Waals surface area (Å²) < 4.78 is 13.3. The van der Waals surface area contributed by atoms with Crippen LogP contribution in [0, 0.1) is 5.82 Å². The van der Waals surface area contributed by atoms with Crippen LogP contribution < -0.4 is 10.2 Å². The minimum absolute atomic E-state index is 0.105. The van der Waals surface area contributed by atoms with Crippen LogP contribution in [0.5, 0.6) is 0 Å². The maximum absolute atomic E-state index is 13.3. The maximum atomic E-state index is 13.3. The Balaban J connectivity index is 1.92. The van der Waals surface area contributed by atoms with Gasteiger partial charge >= 0.3 is 0 Å². The Hall–Kier alpha value is -2.11. The number of carbonyl (C=O) groups excluding carboxylic acids is 2. The number of amides is 2. The topological polar surface area (TPSA) is 49.4 Å². The monoisotopic (exact) mass is 382 g/mol. The molecule has 2 aromatic rings. The van der Waals surface area contributed by atoms with Crippen LogP contribution in [0.15, 0.2) is 42.5 Å². The summed E-state index contributed by atoms with van der Waals surface area (Å²) in [5.74, 6) is -1.23. The molecule has 0 unspecified atom stereocenters. The van der Waals surface area contributed by atoms with Crippen LogP contribution in [-0.4, -0.2) is 24.9 Å². The van der Waals surface area contributed by atoms with Crippen molar-refractivity contribution in [3.8, 4) is 0 Å². The molecular weight excluding hydrogens is 366 g/mol. The summed E-state index contributed by atoms with van der Waals surface area (Å²) in [4.78, 5) is 25.1. The van der Waals surface area contributed by atoms with Crippen LogP contribution in [0.25, 0.3) is 0 Å². The zero-order chi connectivity index (χ0) is 18.4. The predicted octanol–water partition coefficient (Wildman–Crippen LogP) is 3.84. The average Bonchev–Trinajstić information content (AvgIpc) is 2.57. The summed E-state index contributed by atoms with van der Waals surface area (Å²) in [6.07, 6.45) is 0.644. The normalized spacial score (nSPS) is 10.4. The lowest BCUT2D eigenvalue weighted by molar-refractivity contribution is -0.123. The molecule has 0 fully saturated rings. The van der Waals surface area contributed by atoms with Crippen molar-refractivity contribution in [2.24, 2.45) is 0 Å². The second-order valence-electron chi connectivity index (χ2n) is 5.43. The van der Waals surface area contributed by atoms with E-state index < -0.39 is 5.82 Å². The van der Waals surface area contributed by atoms with E-state index in [1.165, 1.54) is 24.0 Å². The summed E-state index contributed by atoms with van der Waals surface area (Å²) >= 11 is 11.6. The molecule has 0 aromatic heterocycles. The number of halogens is 3. The van der Waals surface area contributed by atoms with Crippen molar-refractivity contribution in [1.82, 2.24) is 5.32 Å². The van der Waals surface area contributed by atoms with Crippen LogP contribution in [-0.2, 0) is 16.0 Å². The van der Waals surface area contributed by atoms with Gasteiger partial charge in [0.2, 0.25) is 11.8 Å². The van der Waals surface area contributed by atoms with E-state index in [0.717, 1.165) is 11.6 Å². The molecule has 0 heterocycles. The van der Waals surface area contributed by atoms with E-state index in [9.17, 15) is 14.0 Å². The average molecular weight is 383 g/mol. The molecule has 2 amide bonds. The lowest BCUT2D eigenvalue weighted by Gasteiger charge is -2.21. The molecule has 132 valence electrons. The molecule has 0 spiro atoms. The number of nitrogens with zero attached hydrogens (tertiary/aromatic N) is 1. The molecule has 2 aromatic carbocycles. The van der Waals surface area contributed by atoms with Gasteiger partial charge in [0.05, 0.1) is 5.02 Å². The predicted molar refractivity (Wildman–Crippen MR) is 97.6 cm³/mol. The van der Waals surface area contributed by atoms with Crippen molar-refractivity contribution in [2.75, 3.05) is 18.0 Å². The number of anilines is 1. The Morgan fingerprint density at radius 3 is 2.40 bits per heavy atom. The Labute approximate surface area is 155 Å². The lowest BCUT2D eigenvalue weighted by atomic mass is 10.1. The van der Waals surface area contributed by atoms with Gasteiger partial charge in [0.25, 0.3) is 0 Å². The minimum Gasteiger partial charge on any atom is -0.354 e. The zero-order valence-corrected chi connectivity index (χ0v) is 15.1. The first-order valence-electron chi connectivity index (χ1n) is 7.61. The Kier molecular flexibility index (Phi) is 6.79. The number of carbonyl (C=O) groups is 2. The van der Waals surface area contributed by atoms with Gasteiger partial charge in [0.15, 0.2) is 0 Å². The third-order valence-corrected chi connectivity index (χ3v) is 4.09. The van der Waals surface area contributed by atoms with Gasteiger partial charge in [-0.1, -0.05) is 35.3 Å². The van der Waals surface area contributed by atoms with Gasteiger partial charge in [0.1, 0.15) is 12.4 Å². The lowest BCUT2D eigenvalue weighted by Crippen LogP contribution is -2.40. The third kappa shape index (κ3) is 5.73. The molecule has 25 heavy (non-hydrogen) atoms. The molecular formula is C18H17Cl2FN2O2. The highest BCUT2D eigenvalue weighted by atomic mass is 35.5. The molecule has 7 heteroatoms. The highest BCUT2D eigenvalue weighted by Crippen LogP contribution is 2.22. The first-order valence-corrected chi connectivity index (χ1v) is 8.36. The molecule has 0 radical (unpaired) electrons. The molecule has 0 saturated heterocycles. The van der Waals surface area contributed by atoms with E-state index in [2.05, 4.69) is 5.32 Å². The van der Waals surface area contributed by atoms with Crippen LogP contribution >= 0.6 is 23.2 Å². The molecule has 0 aliphatic heterocycles. The molecule has 0 aliphatic rings. The number of rotatable bonds is 6. The first-order chi connectivity index (χ1) is 11.9. The molecule has 1 N–H and O–H groups in total. The Morgan fingerprint density at radius 1 is 1.12 bits per heavy atom. The zero-order valence-electron chi connectivity index (χ0n) is 13.6. The van der Waals surface area contributed by atoms with E-state index >= 15 is 0 Å². The molecule has 2 rings (SSSR count). The number of nitrogens with one attached hydrogen (secondary N) is 1. The van der Waals surface area contributed by atoms with Crippen molar-refractivity contribution in [3.05, 3.63) is 63.9 Å². The fraction of sp³-hybridized carbons (Fsp3) is 0.222. The van der Waals surface area contributed by atoms with Gasteiger partial charge in [-0.05, 0) is 42.3 Å². The molecule has 0 saturated carbocycles. The van der Waals surface area contributed by atoms with Gasteiger partial charge in [-0.3, -0.25) is 9.59 Å². The van der Waals surface area contributed by atoms with Crippen molar-refractivity contribution >= 4 is 40.7 Å². The fourth-order valence-corrected chi connectivity index (χ4v) is 2.53. The van der Waals surface area contributed by atoms with Crippen LogP contribution in [0.1, 0.15) is 12.5 Å². The van der Waals surface area contributed by atoms with Crippen LogP contribution in [0.3, 0.4) is 0 Å². The van der Waals surface area contributed by atoms with Crippen molar-refractivity contribution in [2.45, 2.75) is 13.3 Å². The molecule has 0 bridgehead atoms. The highest BCUT2D eigenvalue weighted by Gasteiger charge is 2.16. The Morgan fingerprint density at radius 2 is 1.80 bits per heavy atom. The minimum atomic E-state index is -0.582. The molecule has 0 atom stereocenters. The molecule has 0 aliphatic carbocycles. The Bertz CT molecular complexity index is 766. The fourth-order valence-electron chi connectivity index (χ4n) is 2.23. The van der Waals surface area contributed by atoms with Gasteiger partial charge in [-0.2, -0.15) is 0 Å². The van der Waals surface area contributed by atoms with E-state index in [0.29, 0.717) is 23.7 Å². The second kappa shape index (κ2) is 8.83.